The lowest BCUT2D eigenvalue weighted by atomic mass is 10.1. The molecule has 0 aliphatic heterocycles. The molecule has 0 saturated carbocycles. The fourth-order valence-corrected chi connectivity index (χ4v) is 2.99. The van der Waals surface area contributed by atoms with E-state index in [0.29, 0.717) is 17.1 Å². The molecule has 0 amide bonds. The number of aromatic amines is 1. The van der Waals surface area contributed by atoms with E-state index in [1.807, 2.05) is 18.2 Å². The fraction of sp³-hybridized carbons (Fsp3) is 0.100. The van der Waals surface area contributed by atoms with Crippen molar-refractivity contribution in [2.45, 2.75) is 0 Å². The lowest BCUT2D eigenvalue weighted by molar-refractivity contribution is 0.353. The van der Waals surface area contributed by atoms with Gasteiger partial charge >= 0.3 is 6.01 Å². The average molecular weight is 367 g/mol. The molecule has 0 spiro atoms. The van der Waals surface area contributed by atoms with Gasteiger partial charge in [-0.05, 0) is 35.9 Å². The van der Waals surface area contributed by atoms with Gasteiger partial charge in [0.25, 0.3) is 0 Å². The number of hydrogen-bond donors (Lipinski definition) is 1. The van der Waals surface area contributed by atoms with Crippen LogP contribution in [0.25, 0.3) is 33.3 Å². The van der Waals surface area contributed by atoms with Gasteiger partial charge in [0.05, 0.1) is 31.0 Å². The number of H-pyrrole nitrogens is 1. The van der Waals surface area contributed by atoms with Crippen LogP contribution in [0, 0.1) is 11.6 Å². The molecule has 0 saturated heterocycles. The molecule has 27 heavy (non-hydrogen) atoms. The Bertz CT molecular complexity index is 1120. The van der Waals surface area contributed by atoms with Gasteiger partial charge in [-0.25, -0.2) is 13.8 Å². The lowest BCUT2D eigenvalue weighted by Gasteiger charge is -2.08. The van der Waals surface area contributed by atoms with E-state index in [1.165, 1.54) is 32.4 Å². The summed E-state index contributed by atoms with van der Waals surface area (Å²) in [7, 11) is 2.99. The van der Waals surface area contributed by atoms with Crippen molar-refractivity contribution in [1.82, 2.24) is 15.0 Å². The summed E-state index contributed by atoms with van der Waals surface area (Å²) in [5, 5.41) is 0.794. The van der Waals surface area contributed by atoms with Crippen LogP contribution in [0.2, 0.25) is 0 Å². The Hall–Kier alpha value is -3.48. The third-order valence-electron chi connectivity index (χ3n) is 4.27. The van der Waals surface area contributed by atoms with Crippen molar-refractivity contribution in [2.24, 2.45) is 0 Å². The summed E-state index contributed by atoms with van der Waals surface area (Å²) in [6.07, 6.45) is 1.61. The van der Waals surface area contributed by atoms with Gasteiger partial charge in [0.1, 0.15) is 11.6 Å². The van der Waals surface area contributed by atoms with Crippen molar-refractivity contribution in [3.63, 3.8) is 0 Å². The monoisotopic (exact) mass is 367 g/mol. The van der Waals surface area contributed by atoms with E-state index in [1.54, 1.807) is 12.3 Å². The number of rotatable bonds is 4. The molecule has 0 fully saturated rings. The van der Waals surface area contributed by atoms with Gasteiger partial charge in [-0.1, -0.05) is 12.1 Å². The number of halogens is 2. The molecule has 4 rings (SSSR count). The molecule has 2 aromatic carbocycles. The largest absolute Gasteiger partial charge is 0.480 e. The fourth-order valence-electron chi connectivity index (χ4n) is 2.99. The zero-order valence-electron chi connectivity index (χ0n) is 14.6. The van der Waals surface area contributed by atoms with Crippen molar-refractivity contribution < 1.29 is 18.3 Å². The van der Waals surface area contributed by atoms with Crippen molar-refractivity contribution in [3.8, 4) is 34.3 Å². The average Bonchev–Trinajstić information content (AvgIpc) is 3.09. The van der Waals surface area contributed by atoms with Crippen LogP contribution >= 0.6 is 0 Å². The molecule has 0 aliphatic carbocycles. The number of benzene rings is 2. The summed E-state index contributed by atoms with van der Waals surface area (Å²) in [5.74, 6) is -0.865. The predicted octanol–water partition coefficient (Wildman–Crippen LogP) is 4.59. The van der Waals surface area contributed by atoms with Gasteiger partial charge < -0.3 is 14.5 Å². The highest BCUT2D eigenvalue weighted by Crippen LogP contribution is 2.33. The number of nitrogens with zero attached hydrogens (tertiary/aromatic N) is 2. The second-order valence-electron chi connectivity index (χ2n) is 5.86. The number of hydrogen-bond acceptors (Lipinski definition) is 4. The summed E-state index contributed by atoms with van der Waals surface area (Å²) in [5.41, 5.74) is 2.53. The van der Waals surface area contributed by atoms with Crippen LogP contribution in [0.5, 0.6) is 11.9 Å². The highest BCUT2D eigenvalue weighted by Gasteiger charge is 2.15. The minimum absolute atomic E-state index is 0.0828. The number of nitrogens with one attached hydrogen (secondary N) is 1. The van der Waals surface area contributed by atoms with E-state index in [2.05, 4.69) is 15.0 Å². The number of fused-ring (bicyclic) bond motifs is 1. The van der Waals surface area contributed by atoms with Gasteiger partial charge in [-0.2, -0.15) is 4.98 Å². The third-order valence-corrected chi connectivity index (χ3v) is 4.27. The van der Waals surface area contributed by atoms with Crippen molar-refractivity contribution in [2.75, 3.05) is 14.2 Å². The number of methoxy groups -OCH3 is 2. The topological polar surface area (TPSA) is 60.0 Å². The highest BCUT2D eigenvalue weighted by atomic mass is 19.1. The van der Waals surface area contributed by atoms with E-state index < -0.39 is 11.6 Å². The zero-order valence-corrected chi connectivity index (χ0v) is 14.6. The van der Waals surface area contributed by atoms with Crippen LogP contribution in [0.3, 0.4) is 0 Å². The molecule has 7 heteroatoms. The van der Waals surface area contributed by atoms with Gasteiger partial charge in [0.15, 0.2) is 0 Å². The second kappa shape index (κ2) is 6.68. The summed E-state index contributed by atoms with van der Waals surface area (Å²) >= 11 is 0. The highest BCUT2D eigenvalue weighted by molar-refractivity contribution is 5.90. The Labute approximate surface area is 153 Å². The van der Waals surface area contributed by atoms with E-state index in [9.17, 15) is 8.78 Å². The zero-order chi connectivity index (χ0) is 19.0. The van der Waals surface area contributed by atoms with E-state index in [-0.39, 0.29) is 11.6 Å². The quantitative estimate of drug-likeness (QED) is 0.573. The van der Waals surface area contributed by atoms with Crippen LogP contribution in [-0.2, 0) is 0 Å². The molecule has 136 valence electrons. The molecular weight excluding hydrogens is 352 g/mol. The molecular formula is C20H15F2N3O2. The van der Waals surface area contributed by atoms with Gasteiger partial charge in [0.2, 0.25) is 5.88 Å². The normalized spacial score (nSPS) is 11.0. The molecule has 4 aromatic rings. The smallest absolute Gasteiger partial charge is 0.319 e. The predicted molar refractivity (Wildman–Crippen MR) is 97.8 cm³/mol. The molecule has 2 heterocycles. The molecule has 1 N–H and O–H groups in total. The maximum absolute atomic E-state index is 14.1. The Kier molecular flexibility index (Phi) is 4.19. The van der Waals surface area contributed by atoms with Crippen LogP contribution in [0.4, 0.5) is 8.78 Å². The molecule has 0 unspecified atom stereocenters. The maximum Gasteiger partial charge on any atom is 0.319 e. The first-order chi connectivity index (χ1) is 13.1. The minimum Gasteiger partial charge on any atom is -0.480 e. The van der Waals surface area contributed by atoms with Crippen LogP contribution in [0.1, 0.15) is 0 Å². The Balaban J connectivity index is 1.82. The number of aromatic nitrogens is 3. The molecule has 5 nitrogen and oxygen atoms in total. The molecule has 2 aromatic heterocycles. The first-order valence-electron chi connectivity index (χ1n) is 8.13. The molecule has 0 radical (unpaired) electrons. The van der Waals surface area contributed by atoms with Gasteiger partial charge in [-0.3, -0.25) is 0 Å². The lowest BCUT2D eigenvalue weighted by Crippen LogP contribution is -1.97. The Morgan fingerprint density at radius 3 is 2.44 bits per heavy atom. The first-order valence-corrected chi connectivity index (χ1v) is 8.13. The first kappa shape index (κ1) is 17.0. The Morgan fingerprint density at radius 2 is 1.74 bits per heavy atom. The summed E-state index contributed by atoms with van der Waals surface area (Å²) in [4.78, 5) is 11.4. The van der Waals surface area contributed by atoms with Crippen molar-refractivity contribution in [3.05, 3.63) is 60.3 Å². The second-order valence-corrected chi connectivity index (χ2v) is 5.86. The van der Waals surface area contributed by atoms with Gasteiger partial charge in [0, 0.05) is 17.1 Å². The third kappa shape index (κ3) is 2.97. The maximum atomic E-state index is 14.1. The minimum atomic E-state index is -0.619. The standard InChI is InChI=1S/C20H15F2N3O2/c1-26-19-13(10-23-20(25-19)27-2)11-6-7-16-12(8-11)9-17(24-16)18-14(21)4-3-5-15(18)22/h3-10,24H,1-2H3. The molecule has 0 bridgehead atoms. The SMILES string of the molecule is COc1ncc(-c2ccc3[nH]c(-c4c(F)cccc4F)cc3c2)c(OC)n1. The summed E-state index contributed by atoms with van der Waals surface area (Å²) in [6.45, 7) is 0. The van der Waals surface area contributed by atoms with Crippen LogP contribution in [0.15, 0.2) is 48.7 Å². The van der Waals surface area contributed by atoms with Gasteiger partial charge in [-0.15, -0.1) is 0 Å². The molecule has 0 atom stereocenters. The summed E-state index contributed by atoms with van der Waals surface area (Å²) in [6, 6.07) is 11.3. The summed E-state index contributed by atoms with van der Waals surface area (Å²) < 4.78 is 38.5. The number of ether oxygens (including phenoxy) is 2. The van der Waals surface area contributed by atoms with Crippen molar-refractivity contribution in [1.29, 1.82) is 0 Å². The van der Waals surface area contributed by atoms with E-state index >= 15 is 0 Å². The van der Waals surface area contributed by atoms with Crippen molar-refractivity contribution >= 4 is 10.9 Å². The van der Waals surface area contributed by atoms with Crippen LogP contribution in [-0.4, -0.2) is 29.2 Å². The van der Waals surface area contributed by atoms with E-state index in [0.717, 1.165) is 16.5 Å². The molecule has 0 aliphatic rings. The van der Waals surface area contributed by atoms with Crippen LogP contribution < -0.4 is 9.47 Å². The van der Waals surface area contributed by atoms with E-state index in [4.69, 9.17) is 9.47 Å². The Morgan fingerprint density at radius 1 is 0.963 bits per heavy atom.